The molecule has 0 fully saturated rings. The van der Waals surface area contributed by atoms with E-state index in [4.69, 9.17) is 9.16 Å². The van der Waals surface area contributed by atoms with Crippen LogP contribution in [0.4, 0.5) is 4.79 Å². The van der Waals surface area contributed by atoms with Crippen molar-refractivity contribution in [2.75, 3.05) is 13.1 Å². The molecule has 36 heavy (non-hydrogen) atoms. The van der Waals surface area contributed by atoms with E-state index in [1.165, 1.54) is 0 Å². The lowest BCUT2D eigenvalue weighted by Gasteiger charge is -2.36. The Kier molecular flexibility index (Phi) is 8.20. The van der Waals surface area contributed by atoms with Crippen molar-refractivity contribution in [3.8, 4) is 5.75 Å². The summed E-state index contributed by atoms with van der Waals surface area (Å²) in [5, 5.41) is 11.9. The number of hydrogen-bond donors (Lipinski definition) is 1. The zero-order valence-electron chi connectivity index (χ0n) is 22.9. The van der Waals surface area contributed by atoms with E-state index >= 15 is 0 Å². The van der Waals surface area contributed by atoms with Gasteiger partial charge in [-0.1, -0.05) is 32.9 Å². The Hall–Kier alpha value is -2.84. The van der Waals surface area contributed by atoms with Crippen molar-refractivity contribution >= 4 is 25.3 Å². The van der Waals surface area contributed by atoms with Crippen molar-refractivity contribution in [3.05, 3.63) is 60.6 Å². The van der Waals surface area contributed by atoms with Gasteiger partial charge in [0.05, 0.1) is 18.2 Å². The number of rotatable bonds is 8. The third-order valence-corrected chi connectivity index (χ3v) is 11.0. The predicted octanol–water partition coefficient (Wildman–Crippen LogP) is 6.39. The highest BCUT2D eigenvalue weighted by Crippen LogP contribution is 2.39. The van der Waals surface area contributed by atoms with Crippen molar-refractivity contribution in [1.29, 1.82) is 0 Å². The molecule has 2 heterocycles. The van der Waals surface area contributed by atoms with E-state index in [2.05, 4.69) is 55.5 Å². The first-order valence-corrected chi connectivity index (χ1v) is 15.4. The van der Waals surface area contributed by atoms with Gasteiger partial charge in [-0.15, -0.1) is 0 Å². The zero-order valence-corrected chi connectivity index (χ0v) is 23.9. The second-order valence-corrected chi connectivity index (χ2v) is 16.5. The number of ether oxygens (including phenoxy) is 1. The number of amides is 1. The summed E-state index contributed by atoms with van der Waals surface area (Å²) in [5.74, 6) is 0.897. The number of carbonyl (C=O) groups is 1. The van der Waals surface area contributed by atoms with Crippen molar-refractivity contribution in [3.63, 3.8) is 0 Å². The van der Waals surface area contributed by atoms with E-state index in [-0.39, 0.29) is 11.6 Å². The molecule has 8 heteroatoms. The summed E-state index contributed by atoms with van der Waals surface area (Å²) in [6.07, 6.45) is 3.97. The normalized spacial score (nSPS) is 13.5. The summed E-state index contributed by atoms with van der Waals surface area (Å²) in [7, 11) is -1.99. The summed E-state index contributed by atoms with van der Waals surface area (Å²) >= 11 is 0. The van der Waals surface area contributed by atoms with E-state index in [9.17, 15) is 9.90 Å². The molecule has 0 unspecified atom stereocenters. The van der Waals surface area contributed by atoms with Crippen LogP contribution in [-0.2, 0) is 11.3 Å². The molecular weight excluding hydrogens is 470 g/mol. The van der Waals surface area contributed by atoms with Gasteiger partial charge in [-0.3, -0.25) is 4.98 Å². The van der Waals surface area contributed by atoms with Crippen molar-refractivity contribution < 1.29 is 19.1 Å². The van der Waals surface area contributed by atoms with Crippen LogP contribution in [0, 0.1) is 0 Å². The number of aliphatic hydroxyl groups excluding tert-OH is 1. The average molecular weight is 512 g/mol. The first kappa shape index (κ1) is 27.7. The van der Waals surface area contributed by atoms with Crippen LogP contribution in [0.1, 0.15) is 53.2 Å². The molecule has 0 bridgehead atoms. The van der Waals surface area contributed by atoms with Crippen LogP contribution < -0.4 is 4.43 Å². The van der Waals surface area contributed by atoms with Crippen LogP contribution in [0.5, 0.6) is 5.75 Å². The highest BCUT2D eigenvalue weighted by molar-refractivity contribution is 6.74. The Morgan fingerprint density at radius 1 is 1.11 bits per heavy atom. The van der Waals surface area contributed by atoms with Crippen LogP contribution in [0.2, 0.25) is 18.1 Å². The van der Waals surface area contributed by atoms with E-state index in [1.54, 1.807) is 29.4 Å². The molecule has 3 aromatic rings. The second kappa shape index (κ2) is 10.6. The van der Waals surface area contributed by atoms with E-state index in [1.807, 2.05) is 39.1 Å². The fraction of sp³-hybridized carbons (Fsp3) is 0.500. The highest BCUT2D eigenvalue weighted by Gasteiger charge is 2.39. The van der Waals surface area contributed by atoms with Gasteiger partial charge in [-0.25, -0.2) is 4.79 Å². The lowest BCUT2D eigenvalue weighted by Crippen LogP contribution is -2.43. The quantitative estimate of drug-likeness (QED) is 0.355. The largest absolute Gasteiger partial charge is 0.543 e. The van der Waals surface area contributed by atoms with Crippen LogP contribution in [-0.4, -0.2) is 52.7 Å². The van der Waals surface area contributed by atoms with Gasteiger partial charge in [0, 0.05) is 42.6 Å². The van der Waals surface area contributed by atoms with Gasteiger partial charge < -0.3 is 23.7 Å². The van der Waals surface area contributed by atoms with Crippen LogP contribution in [0.25, 0.3) is 10.9 Å². The molecule has 2 aromatic heterocycles. The Labute approximate surface area is 216 Å². The Balaban J connectivity index is 1.81. The number of fused-ring (bicyclic) bond motifs is 1. The number of carbonyl (C=O) groups excluding carboxylic acids is 1. The molecule has 0 aliphatic rings. The molecule has 1 N–H and O–H groups in total. The fourth-order valence-electron chi connectivity index (χ4n) is 3.61. The number of hydrogen-bond acceptors (Lipinski definition) is 5. The van der Waals surface area contributed by atoms with Gasteiger partial charge in [0.25, 0.3) is 8.32 Å². The lowest BCUT2D eigenvalue weighted by molar-refractivity contribution is 0.0137. The maximum Gasteiger partial charge on any atom is 0.410 e. The minimum Gasteiger partial charge on any atom is -0.543 e. The average Bonchev–Trinajstić information content (AvgIpc) is 3.19. The molecule has 1 aromatic carbocycles. The van der Waals surface area contributed by atoms with Gasteiger partial charge in [0.1, 0.15) is 11.4 Å². The molecule has 0 saturated heterocycles. The molecule has 1 amide bonds. The van der Waals surface area contributed by atoms with Crippen molar-refractivity contribution in [2.24, 2.45) is 0 Å². The maximum atomic E-state index is 13.0. The van der Waals surface area contributed by atoms with E-state index in [0.717, 1.165) is 16.7 Å². The predicted molar refractivity (Wildman–Crippen MR) is 147 cm³/mol. The number of aromatic nitrogens is 2. The lowest BCUT2D eigenvalue weighted by atomic mass is 10.1. The molecule has 0 radical (unpaired) electrons. The first-order valence-electron chi connectivity index (χ1n) is 12.5. The molecule has 196 valence electrons. The monoisotopic (exact) mass is 511 g/mol. The zero-order chi connectivity index (χ0) is 26.7. The third kappa shape index (κ3) is 6.88. The molecule has 0 spiro atoms. The first-order chi connectivity index (χ1) is 16.7. The van der Waals surface area contributed by atoms with E-state index < -0.39 is 26.1 Å². The van der Waals surface area contributed by atoms with Crippen LogP contribution >= 0.6 is 0 Å². The van der Waals surface area contributed by atoms with Crippen molar-refractivity contribution in [2.45, 2.75) is 77.9 Å². The van der Waals surface area contributed by atoms with Crippen LogP contribution in [0.3, 0.4) is 0 Å². The summed E-state index contributed by atoms with van der Waals surface area (Å²) in [4.78, 5) is 18.6. The number of nitrogens with zero attached hydrogens (tertiary/aromatic N) is 3. The molecule has 0 aliphatic heterocycles. The second-order valence-electron chi connectivity index (χ2n) is 11.8. The van der Waals surface area contributed by atoms with Crippen LogP contribution in [0.15, 0.2) is 55.0 Å². The Morgan fingerprint density at radius 3 is 2.44 bits per heavy atom. The third-order valence-electron chi connectivity index (χ3n) is 6.67. The van der Waals surface area contributed by atoms with Gasteiger partial charge in [0.2, 0.25) is 0 Å². The van der Waals surface area contributed by atoms with Gasteiger partial charge >= 0.3 is 6.09 Å². The number of aliphatic hydroxyl groups is 1. The molecule has 0 aliphatic carbocycles. The maximum absolute atomic E-state index is 13.0. The molecule has 7 nitrogen and oxygen atoms in total. The van der Waals surface area contributed by atoms with Gasteiger partial charge in [0.15, 0.2) is 0 Å². The summed E-state index contributed by atoms with van der Waals surface area (Å²) in [5.41, 5.74) is 1.07. The van der Waals surface area contributed by atoms with E-state index in [0.29, 0.717) is 18.7 Å². The fourth-order valence-corrected chi connectivity index (χ4v) is 4.64. The molecule has 3 rings (SSSR count). The summed E-state index contributed by atoms with van der Waals surface area (Å²) in [6.45, 7) is 17.7. The molecular formula is C28H41N3O4Si. The summed E-state index contributed by atoms with van der Waals surface area (Å²) < 4.78 is 14.4. The number of benzene rings is 1. The minimum absolute atomic E-state index is 0.0980. The van der Waals surface area contributed by atoms with Gasteiger partial charge in [-0.2, -0.15) is 0 Å². The highest BCUT2D eigenvalue weighted by atomic mass is 28.4. The van der Waals surface area contributed by atoms with Crippen molar-refractivity contribution in [1.82, 2.24) is 14.5 Å². The topological polar surface area (TPSA) is 76.8 Å². The Morgan fingerprint density at radius 2 is 1.83 bits per heavy atom. The standard InChI is InChI=1S/C28H41N3O4Si/c1-27(2,3)34-26(33)31(20-24(32)21-11-10-15-29-19-21)18-17-30-16-14-22-23(30)12-9-13-25(22)35-36(7,8)28(4,5)6/h9-16,19,24,32H,17-18,20H2,1-8H3/t24-/m0/s1. The summed E-state index contributed by atoms with van der Waals surface area (Å²) in [6, 6.07) is 11.7. The molecule has 1 atom stereocenters. The number of pyridine rings is 1. The SMILES string of the molecule is CC(C)(C)OC(=O)N(CCn1ccc2c(O[Si](C)(C)C(C)(C)C)cccc21)C[C@H](O)c1cccnc1. The van der Waals surface area contributed by atoms with Gasteiger partial charge in [-0.05, 0) is 63.2 Å². The minimum atomic E-state index is -1.99. The Bertz CT molecular complexity index is 1160. The molecule has 0 saturated carbocycles. The smallest absolute Gasteiger partial charge is 0.410 e.